The van der Waals surface area contributed by atoms with Crippen LogP contribution in [0.15, 0.2) is 23.1 Å². The Balaban J connectivity index is 1.92. The summed E-state index contributed by atoms with van der Waals surface area (Å²) in [6.07, 6.45) is 3.97. The van der Waals surface area contributed by atoms with E-state index in [0.29, 0.717) is 47.3 Å². The monoisotopic (exact) mass is 474 g/mol. The van der Waals surface area contributed by atoms with Crippen LogP contribution >= 0.6 is 35.0 Å². The molecule has 0 spiro atoms. The molecule has 1 atom stereocenters. The molecule has 7 nitrogen and oxygen atoms in total. The minimum absolute atomic E-state index is 0.0334. The molecular formula is C20H24Cl2N2O5S. The zero-order valence-electron chi connectivity index (χ0n) is 16.4. The van der Waals surface area contributed by atoms with Crippen molar-refractivity contribution >= 4 is 58.8 Å². The van der Waals surface area contributed by atoms with Gasteiger partial charge in [0.05, 0.1) is 16.7 Å². The molecule has 0 unspecified atom stereocenters. The number of hydrogen-bond acceptors (Lipinski definition) is 5. The highest BCUT2D eigenvalue weighted by molar-refractivity contribution is 7.99. The number of carboxylic acid groups (broad SMARTS) is 1. The second-order valence-electron chi connectivity index (χ2n) is 6.85. The molecule has 2 amide bonds. The van der Waals surface area contributed by atoms with Gasteiger partial charge >= 0.3 is 5.97 Å². The van der Waals surface area contributed by atoms with Gasteiger partial charge in [-0.05, 0) is 37.5 Å². The number of carbonyl (C=O) groups is 3. The van der Waals surface area contributed by atoms with Crippen molar-refractivity contribution in [3.05, 3.63) is 33.8 Å². The Hall–Kier alpha value is -1.74. The summed E-state index contributed by atoms with van der Waals surface area (Å²) in [7, 11) is 0. The van der Waals surface area contributed by atoms with Crippen molar-refractivity contribution < 1.29 is 24.6 Å². The molecule has 2 rings (SSSR count). The molecular weight excluding hydrogens is 451 g/mol. The molecule has 0 saturated carbocycles. The van der Waals surface area contributed by atoms with E-state index in [1.807, 2.05) is 0 Å². The van der Waals surface area contributed by atoms with E-state index in [2.05, 4.69) is 5.32 Å². The van der Waals surface area contributed by atoms with Gasteiger partial charge in [-0.2, -0.15) is 0 Å². The van der Waals surface area contributed by atoms with Gasteiger partial charge in [0.25, 0.3) is 0 Å². The Labute approximate surface area is 189 Å². The lowest BCUT2D eigenvalue weighted by atomic mass is 9.95. The minimum atomic E-state index is -1.08. The summed E-state index contributed by atoms with van der Waals surface area (Å²) in [6, 6.07) is 2.61. The number of benzene rings is 1. The minimum Gasteiger partial charge on any atom is -0.480 e. The van der Waals surface area contributed by atoms with Crippen LogP contribution in [0.4, 0.5) is 0 Å². The van der Waals surface area contributed by atoms with Gasteiger partial charge in [-0.1, -0.05) is 29.3 Å². The van der Waals surface area contributed by atoms with Crippen molar-refractivity contribution in [2.24, 2.45) is 5.92 Å². The number of carbonyl (C=O) groups excluding carboxylic acids is 2. The van der Waals surface area contributed by atoms with E-state index >= 15 is 0 Å². The van der Waals surface area contributed by atoms with Crippen LogP contribution in [-0.2, 0) is 14.4 Å². The number of aliphatic hydroxyl groups is 1. The maximum absolute atomic E-state index is 12.5. The fraction of sp³-hybridized carbons (Fsp3) is 0.450. The third kappa shape index (κ3) is 6.63. The Kier molecular flexibility index (Phi) is 9.48. The first-order valence-electron chi connectivity index (χ1n) is 9.46. The number of aliphatic carboxylic acids is 1. The molecule has 1 saturated heterocycles. The van der Waals surface area contributed by atoms with Crippen molar-refractivity contribution in [2.45, 2.75) is 30.7 Å². The molecule has 1 aromatic rings. The molecule has 0 radical (unpaired) electrons. The second kappa shape index (κ2) is 11.6. The highest BCUT2D eigenvalue weighted by Gasteiger charge is 2.28. The number of thioether (sulfide) groups is 1. The van der Waals surface area contributed by atoms with Gasteiger partial charge in [-0.3, -0.25) is 14.4 Å². The van der Waals surface area contributed by atoms with Gasteiger partial charge in [-0.15, -0.1) is 11.8 Å². The lowest BCUT2D eigenvalue weighted by Crippen LogP contribution is -2.46. The third-order valence-electron chi connectivity index (χ3n) is 4.74. The van der Waals surface area contributed by atoms with E-state index in [-0.39, 0.29) is 24.3 Å². The summed E-state index contributed by atoms with van der Waals surface area (Å²) in [4.78, 5) is 37.9. The summed E-state index contributed by atoms with van der Waals surface area (Å²) in [5, 5.41) is 21.0. The van der Waals surface area contributed by atoms with Crippen molar-refractivity contribution in [3.8, 4) is 0 Å². The van der Waals surface area contributed by atoms with Crippen LogP contribution in [0, 0.1) is 5.92 Å². The van der Waals surface area contributed by atoms with E-state index in [1.54, 1.807) is 23.1 Å². The number of aliphatic hydroxyl groups excluding tert-OH is 1. The normalized spacial score (nSPS) is 15.9. The molecule has 1 fully saturated rings. The summed E-state index contributed by atoms with van der Waals surface area (Å²) in [6.45, 7) is 2.27. The highest BCUT2D eigenvalue weighted by atomic mass is 35.5. The van der Waals surface area contributed by atoms with Gasteiger partial charge in [-0.25, -0.2) is 0 Å². The lowest BCUT2D eigenvalue weighted by molar-refractivity contribution is -0.142. The first kappa shape index (κ1) is 24.5. The standard InChI is InChI=1S/C20H24Cl2N2O5S/c1-12(20(28)29)23-19(27)14-6-8-24(9-7-14)16(26)5-3-13-2-4-15(30-11-10-25)18(22)17(13)21/h2-5,12,14,25H,6-11H2,1H3,(H,23,27)(H,28,29)/b5-3+/t12-/m0/s1. The van der Waals surface area contributed by atoms with Crippen LogP contribution < -0.4 is 5.32 Å². The average Bonchev–Trinajstić information content (AvgIpc) is 2.73. The Bertz CT molecular complexity index is 826. The van der Waals surface area contributed by atoms with E-state index in [9.17, 15) is 14.4 Å². The van der Waals surface area contributed by atoms with Gasteiger partial charge < -0.3 is 20.4 Å². The number of piperidine rings is 1. The van der Waals surface area contributed by atoms with Crippen molar-refractivity contribution in [1.29, 1.82) is 0 Å². The molecule has 164 valence electrons. The largest absolute Gasteiger partial charge is 0.480 e. The van der Waals surface area contributed by atoms with Crippen LogP contribution in [0.3, 0.4) is 0 Å². The van der Waals surface area contributed by atoms with Gasteiger partial charge in [0.15, 0.2) is 0 Å². The maximum Gasteiger partial charge on any atom is 0.325 e. The first-order valence-corrected chi connectivity index (χ1v) is 11.2. The molecule has 30 heavy (non-hydrogen) atoms. The van der Waals surface area contributed by atoms with Crippen LogP contribution in [0.25, 0.3) is 6.08 Å². The lowest BCUT2D eigenvalue weighted by Gasteiger charge is -2.31. The molecule has 3 N–H and O–H groups in total. The fourth-order valence-electron chi connectivity index (χ4n) is 2.96. The Morgan fingerprint density at radius 3 is 2.53 bits per heavy atom. The van der Waals surface area contributed by atoms with Crippen LogP contribution in [-0.4, -0.2) is 64.4 Å². The number of likely N-dealkylation sites (tertiary alicyclic amines) is 1. The molecule has 1 heterocycles. The van der Waals surface area contributed by atoms with Crippen molar-refractivity contribution in [2.75, 3.05) is 25.4 Å². The van der Waals surface area contributed by atoms with Crippen molar-refractivity contribution in [3.63, 3.8) is 0 Å². The zero-order chi connectivity index (χ0) is 22.3. The highest BCUT2D eigenvalue weighted by Crippen LogP contribution is 2.36. The van der Waals surface area contributed by atoms with Crippen LogP contribution in [0.1, 0.15) is 25.3 Å². The molecule has 0 aromatic heterocycles. The third-order valence-corrected chi connectivity index (χ3v) is 6.78. The molecule has 10 heteroatoms. The maximum atomic E-state index is 12.5. The molecule has 0 bridgehead atoms. The SMILES string of the molecule is C[C@H](NC(=O)C1CCN(C(=O)/C=C/c2ccc(SCCO)c(Cl)c2Cl)CC1)C(=O)O. The summed E-state index contributed by atoms with van der Waals surface area (Å²) in [5.41, 5.74) is 0.611. The van der Waals surface area contributed by atoms with Crippen LogP contribution in [0.2, 0.25) is 10.0 Å². The topological polar surface area (TPSA) is 107 Å². The number of rotatable bonds is 8. The Morgan fingerprint density at radius 1 is 1.27 bits per heavy atom. The number of nitrogens with one attached hydrogen (secondary N) is 1. The molecule has 1 aliphatic rings. The van der Waals surface area contributed by atoms with E-state index in [4.69, 9.17) is 33.4 Å². The summed E-state index contributed by atoms with van der Waals surface area (Å²) in [5.74, 6) is -1.38. The fourth-order valence-corrected chi connectivity index (χ4v) is 4.29. The smallest absolute Gasteiger partial charge is 0.325 e. The number of halogens is 2. The number of nitrogens with zero attached hydrogens (tertiary/aromatic N) is 1. The molecule has 0 aliphatic carbocycles. The zero-order valence-corrected chi connectivity index (χ0v) is 18.8. The van der Waals surface area contributed by atoms with Gasteiger partial charge in [0, 0.05) is 35.7 Å². The number of carboxylic acids is 1. The van der Waals surface area contributed by atoms with E-state index in [1.165, 1.54) is 24.8 Å². The predicted octanol–water partition coefficient (Wildman–Crippen LogP) is 2.92. The summed E-state index contributed by atoms with van der Waals surface area (Å²) >= 11 is 13.9. The Morgan fingerprint density at radius 2 is 1.93 bits per heavy atom. The van der Waals surface area contributed by atoms with Gasteiger partial charge in [0.2, 0.25) is 11.8 Å². The van der Waals surface area contributed by atoms with E-state index < -0.39 is 12.0 Å². The first-order chi connectivity index (χ1) is 14.2. The van der Waals surface area contributed by atoms with Gasteiger partial charge in [0.1, 0.15) is 6.04 Å². The van der Waals surface area contributed by atoms with E-state index in [0.717, 1.165) is 4.90 Å². The molecule has 1 aliphatic heterocycles. The summed E-state index contributed by atoms with van der Waals surface area (Å²) < 4.78 is 0. The average molecular weight is 475 g/mol. The molecule has 1 aromatic carbocycles. The predicted molar refractivity (Wildman–Crippen MR) is 118 cm³/mol. The number of hydrogen-bond donors (Lipinski definition) is 3. The quantitative estimate of drug-likeness (QED) is 0.394. The second-order valence-corrected chi connectivity index (χ2v) is 8.75. The number of amides is 2. The van der Waals surface area contributed by atoms with Crippen LogP contribution in [0.5, 0.6) is 0 Å². The van der Waals surface area contributed by atoms with Crippen molar-refractivity contribution in [1.82, 2.24) is 10.2 Å².